The van der Waals surface area contributed by atoms with Gasteiger partial charge < -0.3 is 25.3 Å². The summed E-state index contributed by atoms with van der Waals surface area (Å²) in [5.74, 6) is -0.909. The Morgan fingerprint density at radius 2 is 1.26 bits per heavy atom. The van der Waals surface area contributed by atoms with Crippen molar-refractivity contribution in [2.45, 2.75) is 52.6 Å². The van der Waals surface area contributed by atoms with E-state index in [4.69, 9.17) is 4.84 Å². The van der Waals surface area contributed by atoms with Gasteiger partial charge in [-0.15, -0.1) is 5.06 Å². The molecule has 0 saturated heterocycles. The molecule has 0 saturated carbocycles. The first-order chi connectivity index (χ1) is 8.66. The van der Waals surface area contributed by atoms with Gasteiger partial charge in [0.05, 0.1) is 0 Å². The zero-order chi connectivity index (χ0) is 15.2. The molecule has 0 rings (SSSR count). The zero-order valence-corrected chi connectivity index (χ0v) is 11.4. The first-order valence-electron chi connectivity index (χ1n) is 5.79. The van der Waals surface area contributed by atoms with E-state index in [-0.39, 0.29) is 0 Å². The Hall–Kier alpha value is -0.810. The monoisotopic (exact) mass is 282 g/mol. The standard InChI is InChI=1S/C10H22N2O7/c1-6(13)11(7(2)14)18-5-10(17)19-12(8(3)15)9(4)16/h6-9,13-16H,5H2,1-4H3. The van der Waals surface area contributed by atoms with E-state index in [1.807, 2.05) is 0 Å². The molecule has 19 heavy (non-hydrogen) atoms. The molecule has 0 fully saturated rings. The van der Waals surface area contributed by atoms with Gasteiger partial charge in [0.1, 0.15) is 24.9 Å². The van der Waals surface area contributed by atoms with Crippen LogP contribution in [0, 0.1) is 0 Å². The highest BCUT2D eigenvalue weighted by molar-refractivity contribution is 5.70. The van der Waals surface area contributed by atoms with E-state index in [9.17, 15) is 25.2 Å². The van der Waals surface area contributed by atoms with E-state index in [2.05, 4.69) is 4.84 Å². The average molecular weight is 282 g/mol. The second-order valence-corrected chi connectivity index (χ2v) is 3.98. The number of nitrogens with zero attached hydrogens (tertiary/aromatic N) is 2. The summed E-state index contributed by atoms with van der Waals surface area (Å²) in [5.41, 5.74) is 0. The number of hydrogen-bond donors (Lipinski definition) is 4. The molecule has 0 aliphatic carbocycles. The normalized spacial score (nSPS) is 18.2. The molecule has 0 aromatic heterocycles. The molecule has 0 spiro atoms. The van der Waals surface area contributed by atoms with E-state index in [1.54, 1.807) is 0 Å². The van der Waals surface area contributed by atoms with Crippen molar-refractivity contribution in [3.05, 3.63) is 0 Å². The fraction of sp³-hybridized carbons (Fsp3) is 0.900. The predicted octanol–water partition coefficient (Wildman–Crippen LogP) is -1.67. The van der Waals surface area contributed by atoms with Crippen molar-refractivity contribution in [2.75, 3.05) is 6.61 Å². The minimum atomic E-state index is -1.20. The van der Waals surface area contributed by atoms with Gasteiger partial charge in [0.25, 0.3) is 0 Å². The highest BCUT2D eigenvalue weighted by atomic mass is 16.8. The molecule has 4 unspecified atom stereocenters. The van der Waals surface area contributed by atoms with E-state index in [1.165, 1.54) is 27.7 Å². The van der Waals surface area contributed by atoms with Crippen molar-refractivity contribution < 1.29 is 34.9 Å². The summed E-state index contributed by atoms with van der Waals surface area (Å²) in [6.07, 6.45) is -4.66. The number of hydrogen-bond acceptors (Lipinski definition) is 9. The Bertz CT molecular complexity index is 255. The van der Waals surface area contributed by atoms with Crippen LogP contribution in [-0.2, 0) is 14.5 Å². The summed E-state index contributed by atoms with van der Waals surface area (Å²) in [6.45, 7) is 4.69. The molecule has 0 aromatic carbocycles. The van der Waals surface area contributed by atoms with Gasteiger partial charge in [-0.3, -0.25) is 4.84 Å². The molecule has 9 nitrogen and oxygen atoms in total. The van der Waals surface area contributed by atoms with Crippen molar-refractivity contribution in [3.63, 3.8) is 0 Å². The largest absolute Gasteiger partial charge is 0.376 e. The van der Waals surface area contributed by atoms with Gasteiger partial charge in [-0.25, -0.2) is 4.79 Å². The molecule has 0 aliphatic rings. The van der Waals surface area contributed by atoms with Crippen molar-refractivity contribution in [1.29, 1.82) is 0 Å². The van der Waals surface area contributed by atoms with E-state index >= 15 is 0 Å². The summed E-state index contributed by atoms with van der Waals surface area (Å²) in [5, 5.41) is 38.4. The molecule has 0 radical (unpaired) electrons. The molecule has 4 N–H and O–H groups in total. The van der Waals surface area contributed by atoms with Crippen molar-refractivity contribution >= 4 is 5.97 Å². The van der Waals surface area contributed by atoms with Gasteiger partial charge in [-0.1, -0.05) is 5.06 Å². The first kappa shape index (κ1) is 18.2. The van der Waals surface area contributed by atoms with Crippen LogP contribution < -0.4 is 0 Å². The summed E-state index contributed by atoms with van der Waals surface area (Å²) in [4.78, 5) is 20.9. The Morgan fingerprint density at radius 3 is 1.58 bits per heavy atom. The molecular weight excluding hydrogens is 260 g/mol. The maximum atomic E-state index is 11.4. The highest BCUT2D eigenvalue weighted by Gasteiger charge is 2.24. The quantitative estimate of drug-likeness (QED) is 0.306. The highest BCUT2D eigenvalue weighted by Crippen LogP contribution is 2.05. The topological polar surface area (TPSA) is 123 Å². The Balaban J connectivity index is 4.31. The predicted molar refractivity (Wildman–Crippen MR) is 62.4 cm³/mol. The SMILES string of the molecule is CC(O)N(OCC(=O)ON(C(C)O)C(C)O)C(C)O. The van der Waals surface area contributed by atoms with E-state index in [0.29, 0.717) is 5.06 Å². The van der Waals surface area contributed by atoms with Crippen LogP contribution in [0.4, 0.5) is 0 Å². The van der Waals surface area contributed by atoms with Crippen LogP contribution in [-0.4, -0.2) is 68.0 Å². The lowest BCUT2D eigenvalue weighted by Gasteiger charge is -2.28. The Morgan fingerprint density at radius 1 is 0.895 bits per heavy atom. The molecule has 0 aliphatic heterocycles. The van der Waals surface area contributed by atoms with Crippen LogP contribution in [0.25, 0.3) is 0 Å². The maximum Gasteiger partial charge on any atom is 0.353 e. The molecule has 0 aromatic rings. The summed E-state index contributed by atoms with van der Waals surface area (Å²) in [6, 6.07) is 0. The lowest BCUT2D eigenvalue weighted by molar-refractivity contribution is -0.308. The maximum absolute atomic E-state index is 11.4. The number of rotatable bonds is 8. The number of aliphatic hydroxyl groups excluding tert-OH is 4. The molecule has 114 valence electrons. The van der Waals surface area contributed by atoms with E-state index in [0.717, 1.165) is 5.06 Å². The third-order valence-corrected chi connectivity index (χ3v) is 2.01. The molecule has 9 heteroatoms. The fourth-order valence-electron chi connectivity index (χ4n) is 1.26. The third-order valence-electron chi connectivity index (χ3n) is 2.01. The second kappa shape index (κ2) is 8.38. The van der Waals surface area contributed by atoms with Gasteiger partial charge in [0.2, 0.25) is 0 Å². The minimum absolute atomic E-state index is 0.605. The Labute approximate surface area is 111 Å². The van der Waals surface area contributed by atoms with Gasteiger partial charge in [0, 0.05) is 0 Å². The van der Waals surface area contributed by atoms with Crippen LogP contribution in [0.1, 0.15) is 27.7 Å². The second-order valence-electron chi connectivity index (χ2n) is 3.98. The molecule has 4 atom stereocenters. The van der Waals surface area contributed by atoms with Crippen LogP contribution in [0.5, 0.6) is 0 Å². The van der Waals surface area contributed by atoms with Crippen LogP contribution in [0.2, 0.25) is 0 Å². The molecule has 0 amide bonds. The van der Waals surface area contributed by atoms with Gasteiger partial charge >= 0.3 is 5.97 Å². The third kappa shape index (κ3) is 6.78. The zero-order valence-electron chi connectivity index (χ0n) is 11.4. The van der Waals surface area contributed by atoms with Crippen LogP contribution in [0.3, 0.4) is 0 Å². The number of carbonyl (C=O) groups is 1. The summed E-state index contributed by atoms with van der Waals surface area (Å²) < 4.78 is 0. The number of carbonyl (C=O) groups excluding carboxylic acids is 1. The number of aliphatic hydroxyl groups is 4. The van der Waals surface area contributed by atoms with E-state index < -0.39 is 37.5 Å². The summed E-state index contributed by atoms with van der Waals surface area (Å²) in [7, 11) is 0. The lowest BCUT2D eigenvalue weighted by atomic mass is 10.5. The van der Waals surface area contributed by atoms with Gasteiger partial charge in [-0.2, -0.15) is 0 Å². The minimum Gasteiger partial charge on any atom is -0.376 e. The van der Waals surface area contributed by atoms with Crippen molar-refractivity contribution in [3.8, 4) is 0 Å². The van der Waals surface area contributed by atoms with Crippen LogP contribution >= 0.6 is 0 Å². The number of hydroxylamine groups is 4. The lowest BCUT2D eigenvalue weighted by Crippen LogP contribution is -2.44. The Kier molecular flexibility index (Phi) is 8.02. The summed E-state index contributed by atoms with van der Waals surface area (Å²) >= 11 is 0. The molecule has 0 heterocycles. The van der Waals surface area contributed by atoms with Gasteiger partial charge in [-0.05, 0) is 27.7 Å². The average Bonchev–Trinajstić information content (AvgIpc) is 2.24. The van der Waals surface area contributed by atoms with Gasteiger partial charge in [0.15, 0.2) is 6.61 Å². The first-order valence-corrected chi connectivity index (χ1v) is 5.79. The van der Waals surface area contributed by atoms with Crippen molar-refractivity contribution in [1.82, 2.24) is 10.1 Å². The van der Waals surface area contributed by atoms with Crippen LogP contribution in [0.15, 0.2) is 0 Å². The fourth-order valence-corrected chi connectivity index (χ4v) is 1.26. The molecular formula is C10H22N2O7. The van der Waals surface area contributed by atoms with Crippen molar-refractivity contribution in [2.24, 2.45) is 0 Å². The smallest absolute Gasteiger partial charge is 0.353 e. The molecule has 0 bridgehead atoms.